The van der Waals surface area contributed by atoms with Crippen molar-refractivity contribution < 1.29 is 0 Å². The molecule has 0 aliphatic carbocycles. The highest BCUT2D eigenvalue weighted by atomic mass is 15.5. The zero-order valence-electron chi connectivity index (χ0n) is 27.8. The maximum atomic E-state index is 2.56. The van der Waals surface area contributed by atoms with Crippen molar-refractivity contribution in [3.8, 4) is 0 Å². The first-order chi connectivity index (χ1) is 17.8. The van der Waals surface area contributed by atoms with E-state index in [2.05, 4.69) is 123 Å². The lowest BCUT2D eigenvalue weighted by Gasteiger charge is -2.42. The van der Waals surface area contributed by atoms with E-state index in [4.69, 9.17) is 0 Å². The molecule has 4 saturated heterocycles. The molecule has 0 amide bonds. The van der Waals surface area contributed by atoms with E-state index in [1.54, 1.807) is 0 Å². The van der Waals surface area contributed by atoms with Gasteiger partial charge < -0.3 is 9.80 Å². The second-order valence-electron chi connectivity index (χ2n) is 13.2. The number of hydrogen-bond acceptors (Lipinski definition) is 8. The van der Waals surface area contributed by atoms with Gasteiger partial charge in [0.05, 0.1) is 20.0 Å². The highest BCUT2D eigenvalue weighted by Gasteiger charge is 2.21. The Hall–Kier alpha value is -0.320. The molecule has 0 aromatic heterocycles. The number of rotatable bonds is 4. The first-order valence-corrected chi connectivity index (χ1v) is 15.5. The highest BCUT2D eigenvalue weighted by Crippen LogP contribution is 2.09. The van der Waals surface area contributed by atoms with Gasteiger partial charge >= 0.3 is 0 Å². The van der Waals surface area contributed by atoms with Crippen LogP contribution in [0.15, 0.2) is 0 Å². The highest BCUT2D eigenvalue weighted by molar-refractivity contribution is 4.72. The maximum absolute atomic E-state index is 2.56. The summed E-state index contributed by atoms with van der Waals surface area (Å²) in [6, 6.07) is 2.90. The molecule has 0 aromatic rings. The third-order valence-electron chi connectivity index (χ3n) is 8.25. The van der Waals surface area contributed by atoms with Gasteiger partial charge in [-0.2, -0.15) is 0 Å². The molecule has 0 aromatic carbocycles. The molecule has 228 valence electrons. The van der Waals surface area contributed by atoms with E-state index in [1.807, 2.05) is 0 Å². The van der Waals surface area contributed by atoms with Crippen LogP contribution in [-0.4, -0.2) is 177 Å². The molecule has 8 nitrogen and oxygen atoms in total. The Balaban J connectivity index is 0.000000255. The Morgan fingerprint density at radius 2 is 0.658 bits per heavy atom. The molecule has 0 atom stereocenters. The smallest absolute Gasteiger partial charge is 0.0529 e. The molecule has 8 heteroatoms. The SMILES string of the molecule is CC(C)N1CCCN(C)CC1.CC(C)N1CCN(C)C1.CC(C)N1CCN(C)CC1.CC(C)N1CN(C)C1. The van der Waals surface area contributed by atoms with Crippen molar-refractivity contribution in [1.82, 2.24) is 39.2 Å². The normalized spacial score (nSPS) is 24.0. The van der Waals surface area contributed by atoms with Gasteiger partial charge in [-0.05, 0) is 103 Å². The minimum Gasteiger partial charge on any atom is -0.305 e. The molecule has 0 bridgehead atoms. The second-order valence-corrected chi connectivity index (χ2v) is 13.2. The summed E-state index contributed by atoms with van der Waals surface area (Å²) >= 11 is 0. The number of hydrogen-bond donors (Lipinski definition) is 0. The molecule has 0 N–H and O–H groups in total. The van der Waals surface area contributed by atoms with Gasteiger partial charge in [-0.15, -0.1) is 0 Å². The summed E-state index contributed by atoms with van der Waals surface area (Å²) in [5, 5.41) is 0. The van der Waals surface area contributed by atoms with Crippen LogP contribution in [0.3, 0.4) is 0 Å². The Kier molecular flexibility index (Phi) is 17.8. The maximum Gasteiger partial charge on any atom is 0.0529 e. The fraction of sp³-hybridized carbons (Fsp3) is 1.00. The number of nitrogens with zero attached hydrogens (tertiary/aromatic N) is 8. The molecule has 0 spiro atoms. The number of piperazine rings is 1. The lowest BCUT2D eigenvalue weighted by molar-refractivity contribution is -0.0318. The van der Waals surface area contributed by atoms with Crippen LogP contribution in [-0.2, 0) is 0 Å². The standard InChI is InChI=1S/C9H20N2.C8H18N2.C7H16N2.C6H14N2/c1-9(2)11-6-4-5-10(3)7-8-11;1-8(2)10-6-4-9(3)5-7-10;1-7(2)9-5-4-8(3)6-9;1-6(2)8-4-7(3)5-8/h9H,4-8H2,1-3H3;8H,4-7H2,1-3H3;7H,4-6H2,1-3H3;6H,4-5H2,1-3H3. The predicted octanol–water partition coefficient (Wildman–Crippen LogP) is 2.83. The molecular weight excluding hydrogens is 472 g/mol. The van der Waals surface area contributed by atoms with Gasteiger partial charge in [0, 0.05) is 76.5 Å². The van der Waals surface area contributed by atoms with Crippen LogP contribution in [0, 0.1) is 0 Å². The second kappa shape index (κ2) is 18.9. The van der Waals surface area contributed by atoms with Crippen molar-refractivity contribution >= 4 is 0 Å². The van der Waals surface area contributed by atoms with Gasteiger partial charge in [0.15, 0.2) is 0 Å². The topological polar surface area (TPSA) is 25.9 Å². The summed E-state index contributed by atoms with van der Waals surface area (Å²) in [6.45, 7) is 34.0. The third-order valence-corrected chi connectivity index (χ3v) is 8.25. The van der Waals surface area contributed by atoms with E-state index in [9.17, 15) is 0 Å². The quantitative estimate of drug-likeness (QED) is 0.537. The van der Waals surface area contributed by atoms with Gasteiger partial charge in [0.2, 0.25) is 0 Å². The first kappa shape index (κ1) is 35.7. The molecule has 0 unspecified atom stereocenters. The molecule has 4 aliphatic heterocycles. The third kappa shape index (κ3) is 14.9. The summed E-state index contributed by atoms with van der Waals surface area (Å²) < 4.78 is 0. The minimum atomic E-state index is 0.718. The average Bonchev–Trinajstić information content (AvgIpc) is 3.15. The van der Waals surface area contributed by atoms with Gasteiger partial charge in [0.25, 0.3) is 0 Å². The Bertz CT molecular complexity index is 571. The monoisotopic (exact) mass is 541 g/mol. The Morgan fingerprint density at radius 1 is 0.316 bits per heavy atom. The van der Waals surface area contributed by atoms with Crippen molar-refractivity contribution in [1.29, 1.82) is 0 Å². The number of likely N-dealkylation sites (N-methyl/N-ethyl adjacent to an activating group) is 3. The Labute approximate surface area is 238 Å². The summed E-state index contributed by atoms with van der Waals surface area (Å²) in [5.41, 5.74) is 0. The zero-order chi connectivity index (χ0) is 28.8. The van der Waals surface area contributed by atoms with E-state index in [1.165, 1.54) is 71.9 Å². The molecule has 0 radical (unpaired) electrons. The molecule has 4 heterocycles. The van der Waals surface area contributed by atoms with Crippen molar-refractivity contribution in [3.63, 3.8) is 0 Å². The van der Waals surface area contributed by atoms with Crippen LogP contribution in [0.1, 0.15) is 61.8 Å². The largest absolute Gasteiger partial charge is 0.305 e. The summed E-state index contributed by atoms with van der Waals surface area (Å²) in [7, 11) is 8.71. The first-order valence-electron chi connectivity index (χ1n) is 15.5. The van der Waals surface area contributed by atoms with E-state index < -0.39 is 0 Å². The lowest BCUT2D eigenvalue weighted by atomic mass is 10.2. The van der Waals surface area contributed by atoms with Crippen molar-refractivity contribution in [2.75, 3.05) is 114 Å². The average molecular weight is 541 g/mol. The Morgan fingerprint density at radius 3 is 0.974 bits per heavy atom. The van der Waals surface area contributed by atoms with Crippen molar-refractivity contribution in [2.45, 2.75) is 86.0 Å². The molecule has 4 fully saturated rings. The van der Waals surface area contributed by atoms with Crippen LogP contribution in [0.2, 0.25) is 0 Å². The fourth-order valence-corrected chi connectivity index (χ4v) is 5.00. The van der Waals surface area contributed by atoms with Crippen LogP contribution in [0.5, 0.6) is 0 Å². The van der Waals surface area contributed by atoms with E-state index in [0.29, 0.717) is 0 Å². The summed E-state index contributed by atoms with van der Waals surface area (Å²) in [4.78, 5) is 19.4. The molecule has 0 saturated carbocycles. The predicted molar refractivity (Wildman–Crippen MR) is 167 cm³/mol. The van der Waals surface area contributed by atoms with Crippen LogP contribution < -0.4 is 0 Å². The molecular formula is C30H68N8. The molecule has 4 rings (SSSR count). The summed E-state index contributed by atoms with van der Waals surface area (Å²) in [6.07, 6.45) is 1.33. The van der Waals surface area contributed by atoms with Gasteiger partial charge in [-0.3, -0.25) is 29.4 Å². The van der Waals surface area contributed by atoms with Crippen LogP contribution in [0.4, 0.5) is 0 Å². The van der Waals surface area contributed by atoms with Crippen LogP contribution >= 0.6 is 0 Å². The van der Waals surface area contributed by atoms with E-state index >= 15 is 0 Å². The van der Waals surface area contributed by atoms with Crippen LogP contribution in [0.25, 0.3) is 0 Å². The minimum absolute atomic E-state index is 0.718. The van der Waals surface area contributed by atoms with Gasteiger partial charge in [0.1, 0.15) is 0 Å². The van der Waals surface area contributed by atoms with Gasteiger partial charge in [-0.25, -0.2) is 0 Å². The summed E-state index contributed by atoms with van der Waals surface area (Å²) in [5.74, 6) is 0. The fourth-order valence-electron chi connectivity index (χ4n) is 5.00. The molecule has 4 aliphatic rings. The lowest BCUT2D eigenvalue weighted by Crippen LogP contribution is -2.55. The zero-order valence-corrected chi connectivity index (χ0v) is 27.8. The van der Waals surface area contributed by atoms with Crippen molar-refractivity contribution in [2.24, 2.45) is 0 Å². The van der Waals surface area contributed by atoms with E-state index in [-0.39, 0.29) is 0 Å². The van der Waals surface area contributed by atoms with Gasteiger partial charge in [-0.1, -0.05) is 0 Å². The molecule has 38 heavy (non-hydrogen) atoms. The van der Waals surface area contributed by atoms with Crippen molar-refractivity contribution in [3.05, 3.63) is 0 Å². The van der Waals surface area contributed by atoms with E-state index in [0.717, 1.165) is 44.2 Å².